The molecule has 1 aromatic carbocycles. The number of carbonyl (C=O) groups is 2. The number of aromatic nitrogens is 2. The molecule has 188 valence electrons. The molecule has 0 spiro atoms. The molecule has 2 aromatic rings. The summed E-state index contributed by atoms with van der Waals surface area (Å²) in [6.07, 6.45) is 3.27. The van der Waals surface area contributed by atoms with Crippen molar-refractivity contribution in [3.05, 3.63) is 35.3 Å². The Bertz CT molecular complexity index is 1130. The Hall–Kier alpha value is -2.96. The highest BCUT2D eigenvalue weighted by atomic mass is 19.1. The van der Waals surface area contributed by atoms with Gasteiger partial charge >= 0.3 is 13.1 Å². The molecule has 2 aliphatic heterocycles. The first-order valence-corrected chi connectivity index (χ1v) is 11.4. The molecular weight excluding hydrogens is 458 g/mol. The molecule has 12 heteroatoms. The lowest BCUT2D eigenvalue weighted by Gasteiger charge is -2.32. The third-order valence-electron chi connectivity index (χ3n) is 6.79. The van der Waals surface area contributed by atoms with Gasteiger partial charge < -0.3 is 29.8 Å². The van der Waals surface area contributed by atoms with Crippen LogP contribution in [0, 0.1) is 5.82 Å². The Balaban J connectivity index is 1.73. The number of nitrogens with two attached hydrogens (primary N) is 1. The van der Waals surface area contributed by atoms with Crippen molar-refractivity contribution < 1.29 is 32.8 Å². The van der Waals surface area contributed by atoms with Gasteiger partial charge in [-0.05, 0) is 52.7 Å². The van der Waals surface area contributed by atoms with Crippen LogP contribution in [0.3, 0.4) is 0 Å². The molecule has 0 unspecified atom stereocenters. The summed E-state index contributed by atoms with van der Waals surface area (Å²) in [6, 6.07) is 2.59. The van der Waals surface area contributed by atoms with Gasteiger partial charge in [0.05, 0.1) is 36.5 Å². The zero-order valence-electron chi connectivity index (χ0n) is 20.5. The van der Waals surface area contributed by atoms with E-state index in [-0.39, 0.29) is 34.1 Å². The number of hydrogen-bond donors (Lipinski definition) is 2. The number of halogens is 1. The van der Waals surface area contributed by atoms with Crippen molar-refractivity contribution >= 4 is 36.0 Å². The third kappa shape index (κ3) is 4.78. The number of ether oxygens (including phenoxy) is 2. The number of rotatable bonds is 6. The molecular formula is C23H30BFN4O6. The summed E-state index contributed by atoms with van der Waals surface area (Å²) in [7, 11) is 0.140. The average Bonchev–Trinajstić information content (AvgIpc) is 3.31. The first-order chi connectivity index (χ1) is 16.4. The molecule has 3 N–H and O–H groups in total. The van der Waals surface area contributed by atoms with Gasteiger partial charge in [-0.25, -0.2) is 9.18 Å². The van der Waals surface area contributed by atoms with Crippen LogP contribution >= 0.6 is 0 Å². The van der Waals surface area contributed by atoms with Crippen LogP contribution in [0.1, 0.15) is 67.3 Å². The molecule has 0 saturated carbocycles. The van der Waals surface area contributed by atoms with E-state index in [1.807, 2.05) is 27.7 Å². The number of benzene rings is 1. The zero-order valence-corrected chi connectivity index (χ0v) is 20.5. The summed E-state index contributed by atoms with van der Waals surface area (Å²) >= 11 is 0. The quantitative estimate of drug-likeness (QED) is 0.469. The zero-order chi connectivity index (χ0) is 25.5. The summed E-state index contributed by atoms with van der Waals surface area (Å²) < 4.78 is 39.3. The standard InChI is InChI=1S/C23H30BFN4O6/c1-22(2)23(3,4)35-24(34-22)16-9-13(10-17(25)18(16)21(31)32-5)27-20-15(19(26)30)11-29(28-20)14-7-6-8-33-12-14/h9-11,14H,6-8,12H2,1-5H3,(H2,26,30)(H,27,28)/t14-/m1/s1. The maximum Gasteiger partial charge on any atom is 0.495 e. The van der Waals surface area contributed by atoms with Gasteiger partial charge in [-0.2, -0.15) is 5.10 Å². The first-order valence-electron chi connectivity index (χ1n) is 11.4. The largest absolute Gasteiger partial charge is 0.495 e. The maximum atomic E-state index is 15.3. The number of esters is 1. The fraction of sp³-hybridized carbons (Fsp3) is 0.522. The van der Waals surface area contributed by atoms with Crippen molar-refractivity contribution in [2.75, 3.05) is 25.6 Å². The highest BCUT2D eigenvalue weighted by molar-refractivity contribution is 6.63. The molecule has 10 nitrogen and oxygen atoms in total. The molecule has 1 amide bonds. The van der Waals surface area contributed by atoms with Gasteiger partial charge in [-0.3, -0.25) is 9.48 Å². The van der Waals surface area contributed by atoms with Gasteiger partial charge in [0.25, 0.3) is 5.91 Å². The molecule has 0 radical (unpaired) electrons. The summed E-state index contributed by atoms with van der Waals surface area (Å²) in [5.74, 6) is -2.23. The van der Waals surface area contributed by atoms with E-state index in [0.29, 0.717) is 13.2 Å². The number of primary amides is 1. The lowest BCUT2D eigenvalue weighted by atomic mass is 9.75. The number of anilines is 2. The fourth-order valence-electron chi connectivity index (χ4n) is 4.09. The number of hydrogen-bond acceptors (Lipinski definition) is 8. The van der Waals surface area contributed by atoms with Crippen LogP contribution in [0.5, 0.6) is 0 Å². The second kappa shape index (κ2) is 9.25. The van der Waals surface area contributed by atoms with Crippen molar-refractivity contribution in [2.24, 2.45) is 5.73 Å². The van der Waals surface area contributed by atoms with E-state index in [1.54, 1.807) is 10.9 Å². The van der Waals surface area contributed by atoms with Gasteiger partial charge in [-0.15, -0.1) is 0 Å². The molecule has 0 bridgehead atoms. The van der Waals surface area contributed by atoms with Gasteiger partial charge in [0.2, 0.25) is 0 Å². The van der Waals surface area contributed by atoms with Crippen LogP contribution in [-0.4, -0.2) is 60.3 Å². The third-order valence-corrected chi connectivity index (χ3v) is 6.79. The molecule has 1 aromatic heterocycles. The van der Waals surface area contributed by atoms with E-state index >= 15 is 4.39 Å². The van der Waals surface area contributed by atoms with Gasteiger partial charge in [0.1, 0.15) is 11.4 Å². The number of methoxy groups -OCH3 is 1. The van der Waals surface area contributed by atoms with E-state index < -0.39 is 36.0 Å². The SMILES string of the molecule is COC(=O)c1c(F)cc(Nc2nn([C@@H]3CCCOC3)cc2C(N)=O)cc1B1OC(C)(C)C(C)(C)O1. The Morgan fingerprint density at radius 1 is 1.26 bits per heavy atom. The van der Waals surface area contributed by atoms with E-state index in [4.69, 9.17) is 24.5 Å². The molecule has 1 atom stereocenters. The van der Waals surface area contributed by atoms with Crippen LogP contribution in [0.25, 0.3) is 0 Å². The van der Waals surface area contributed by atoms with E-state index in [1.165, 1.54) is 13.2 Å². The summed E-state index contributed by atoms with van der Waals surface area (Å²) in [4.78, 5) is 24.5. The maximum absolute atomic E-state index is 15.3. The van der Waals surface area contributed by atoms with Gasteiger partial charge in [0.15, 0.2) is 5.82 Å². The lowest BCUT2D eigenvalue weighted by molar-refractivity contribution is 0.00578. The van der Waals surface area contributed by atoms with E-state index in [9.17, 15) is 9.59 Å². The van der Waals surface area contributed by atoms with Crippen molar-refractivity contribution in [2.45, 2.75) is 57.8 Å². The second-order valence-electron chi connectivity index (χ2n) is 9.73. The lowest BCUT2D eigenvalue weighted by Crippen LogP contribution is -2.41. The van der Waals surface area contributed by atoms with Crippen molar-refractivity contribution in [3.8, 4) is 0 Å². The molecule has 3 heterocycles. The van der Waals surface area contributed by atoms with Gasteiger partial charge in [0, 0.05) is 24.0 Å². The average molecular weight is 488 g/mol. The minimum atomic E-state index is -1.03. The van der Waals surface area contributed by atoms with Crippen LogP contribution < -0.4 is 16.5 Å². The summed E-state index contributed by atoms with van der Waals surface area (Å²) in [5.41, 5.74) is 4.37. The highest BCUT2D eigenvalue weighted by Crippen LogP contribution is 2.37. The van der Waals surface area contributed by atoms with Crippen LogP contribution in [0.4, 0.5) is 15.9 Å². The topological polar surface area (TPSA) is 127 Å². The van der Waals surface area contributed by atoms with Crippen LogP contribution in [-0.2, 0) is 18.8 Å². The first kappa shape index (κ1) is 25.1. The number of amides is 1. The molecule has 2 fully saturated rings. The molecule has 2 aliphatic rings. The predicted molar refractivity (Wildman–Crippen MR) is 127 cm³/mol. The Morgan fingerprint density at radius 2 is 1.94 bits per heavy atom. The Labute approximate surface area is 203 Å². The fourth-order valence-corrected chi connectivity index (χ4v) is 4.09. The van der Waals surface area contributed by atoms with Crippen molar-refractivity contribution in [3.63, 3.8) is 0 Å². The normalized spacial score (nSPS) is 21.1. The van der Waals surface area contributed by atoms with Crippen molar-refractivity contribution in [1.29, 1.82) is 0 Å². The minimum Gasteiger partial charge on any atom is -0.465 e. The van der Waals surface area contributed by atoms with E-state index in [2.05, 4.69) is 10.4 Å². The Morgan fingerprint density at radius 3 is 2.51 bits per heavy atom. The van der Waals surface area contributed by atoms with Crippen LogP contribution in [0.2, 0.25) is 0 Å². The number of nitrogens with zero attached hydrogens (tertiary/aromatic N) is 2. The summed E-state index contributed by atoms with van der Waals surface area (Å²) in [6.45, 7) is 8.55. The highest BCUT2D eigenvalue weighted by Gasteiger charge is 2.53. The molecule has 35 heavy (non-hydrogen) atoms. The molecule has 2 saturated heterocycles. The smallest absolute Gasteiger partial charge is 0.465 e. The number of nitrogens with one attached hydrogen (secondary N) is 1. The summed E-state index contributed by atoms with van der Waals surface area (Å²) in [5, 5.41) is 7.44. The van der Waals surface area contributed by atoms with Crippen molar-refractivity contribution in [1.82, 2.24) is 9.78 Å². The number of carbonyl (C=O) groups excluding carboxylic acids is 2. The van der Waals surface area contributed by atoms with Gasteiger partial charge in [-0.1, -0.05) is 0 Å². The molecule has 4 rings (SSSR count). The monoisotopic (exact) mass is 488 g/mol. The second-order valence-corrected chi connectivity index (χ2v) is 9.73. The van der Waals surface area contributed by atoms with Crippen LogP contribution in [0.15, 0.2) is 18.3 Å². The Kier molecular flexibility index (Phi) is 6.65. The minimum absolute atomic E-state index is 0.0452. The molecule has 0 aliphatic carbocycles. The predicted octanol–water partition coefficient (Wildman–Crippen LogP) is 2.30. The van der Waals surface area contributed by atoms with E-state index in [0.717, 1.165) is 18.9 Å².